The molecule has 7 nitrogen and oxygen atoms in total. The van der Waals surface area contributed by atoms with Crippen molar-refractivity contribution in [2.45, 2.75) is 50.2 Å². The molecular weight excluding hydrogens is 344 g/mol. The lowest BCUT2D eigenvalue weighted by Crippen LogP contribution is -2.51. The molecule has 1 saturated carbocycles. The third-order valence-corrected chi connectivity index (χ3v) is 5.50. The van der Waals surface area contributed by atoms with Gasteiger partial charge < -0.3 is 20.7 Å². The van der Waals surface area contributed by atoms with E-state index in [1.165, 1.54) is 12.8 Å². The lowest BCUT2D eigenvalue weighted by Gasteiger charge is -2.27. The fourth-order valence-electron chi connectivity index (χ4n) is 3.85. The Morgan fingerprint density at radius 1 is 1.04 bits per heavy atom. The number of carbonyl (C=O) groups is 2. The molecule has 3 aliphatic rings. The zero-order valence-corrected chi connectivity index (χ0v) is 15.6. The Balaban J connectivity index is 1.25. The first kappa shape index (κ1) is 18.3. The van der Waals surface area contributed by atoms with Gasteiger partial charge in [0.1, 0.15) is 0 Å². The summed E-state index contributed by atoms with van der Waals surface area (Å²) in [6.45, 7) is 3.42. The van der Waals surface area contributed by atoms with Crippen LogP contribution in [-0.2, 0) is 16.0 Å². The lowest BCUT2D eigenvalue weighted by molar-refractivity contribution is -0.120. The second kappa shape index (κ2) is 8.27. The maximum absolute atomic E-state index is 12.4. The van der Waals surface area contributed by atoms with Crippen molar-refractivity contribution in [3.05, 3.63) is 29.8 Å². The summed E-state index contributed by atoms with van der Waals surface area (Å²) >= 11 is 0. The Hall–Kier alpha value is -2.12. The number of nitrogens with one attached hydrogen (secondary N) is 3. The van der Waals surface area contributed by atoms with E-state index in [0.717, 1.165) is 37.2 Å². The Morgan fingerprint density at radius 2 is 1.78 bits per heavy atom. The summed E-state index contributed by atoms with van der Waals surface area (Å²) in [6, 6.07) is 7.89. The molecular formula is C20H28N4O3. The molecule has 0 aromatic heterocycles. The van der Waals surface area contributed by atoms with Gasteiger partial charge in [-0.2, -0.15) is 0 Å². The molecule has 1 aromatic carbocycles. The predicted molar refractivity (Wildman–Crippen MR) is 103 cm³/mol. The molecule has 2 aliphatic heterocycles. The Morgan fingerprint density at radius 3 is 2.48 bits per heavy atom. The topological polar surface area (TPSA) is 82.7 Å². The van der Waals surface area contributed by atoms with E-state index < -0.39 is 0 Å². The largest absolute Gasteiger partial charge is 0.378 e. The maximum Gasteiger partial charge on any atom is 0.319 e. The van der Waals surface area contributed by atoms with Crippen LogP contribution in [0.15, 0.2) is 24.3 Å². The minimum Gasteiger partial charge on any atom is -0.378 e. The van der Waals surface area contributed by atoms with E-state index >= 15 is 0 Å². The van der Waals surface area contributed by atoms with E-state index in [2.05, 4.69) is 20.9 Å². The zero-order chi connectivity index (χ0) is 18.6. The number of hydrogen-bond acceptors (Lipinski definition) is 4. The van der Waals surface area contributed by atoms with Gasteiger partial charge in [-0.1, -0.05) is 12.1 Å². The minimum absolute atomic E-state index is 0.0218. The van der Waals surface area contributed by atoms with Crippen LogP contribution in [0.5, 0.6) is 0 Å². The Bertz CT molecular complexity index is 668. The van der Waals surface area contributed by atoms with Gasteiger partial charge in [0.05, 0.1) is 31.7 Å². The molecule has 3 fully saturated rings. The minimum atomic E-state index is -0.214. The number of amides is 3. The molecule has 3 N–H and O–H groups in total. The number of rotatable bonds is 6. The number of likely N-dealkylation sites (tertiary alicyclic amines) is 1. The van der Waals surface area contributed by atoms with Crippen LogP contribution in [-0.4, -0.2) is 61.3 Å². The van der Waals surface area contributed by atoms with Crippen LogP contribution in [0.25, 0.3) is 0 Å². The summed E-state index contributed by atoms with van der Waals surface area (Å²) in [7, 11) is 0. The third kappa shape index (κ3) is 4.99. The van der Waals surface area contributed by atoms with Crippen LogP contribution < -0.4 is 16.0 Å². The van der Waals surface area contributed by atoms with Crippen molar-refractivity contribution < 1.29 is 14.3 Å². The standard InChI is InChI=1S/C20H28N4O3/c25-19(21-15-7-8-15)11-14-3-5-16(6-4-14)22-20(26)23-17-12-27-13-18(17)24-9-1-2-10-24/h3-6,15,17-18H,1-2,7-13H2,(H,21,25)(H2,22,23,26)/t17-,18-/m0/s1. The smallest absolute Gasteiger partial charge is 0.319 e. The van der Waals surface area contributed by atoms with E-state index in [4.69, 9.17) is 4.74 Å². The van der Waals surface area contributed by atoms with Crippen molar-refractivity contribution >= 4 is 17.6 Å². The van der Waals surface area contributed by atoms with Gasteiger partial charge in [-0.05, 0) is 56.5 Å². The molecule has 7 heteroatoms. The molecule has 0 spiro atoms. The molecule has 3 amide bonds. The fraction of sp³-hybridized carbons (Fsp3) is 0.600. The molecule has 2 heterocycles. The van der Waals surface area contributed by atoms with Crippen molar-refractivity contribution in [2.75, 3.05) is 31.6 Å². The van der Waals surface area contributed by atoms with Crippen LogP contribution >= 0.6 is 0 Å². The lowest BCUT2D eigenvalue weighted by atomic mass is 10.1. The van der Waals surface area contributed by atoms with Gasteiger partial charge in [0.25, 0.3) is 0 Å². The Labute approximate surface area is 159 Å². The molecule has 146 valence electrons. The number of urea groups is 1. The van der Waals surface area contributed by atoms with Crippen LogP contribution in [0.2, 0.25) is 0 Å². The first-order chi connectivity index (χ1) is 13.2. The van der Waals surface area contributed by atoms with Crippen LogP contribution in [0, 0.1) is 0 Å². The normalized spacial score (nSPS) is 25.3. The van der Waals surface area contributed by atoms with Crippen molar-refractivity contribution in [1.29, 1.82) is 0 Å². The number of carbonyl (C=O) groups excluding carboxylic acids is 2. The average Bonchev–Trinajstić information content (AvgIpc) is 3.10. The highest BCUT2D eigenvalue weighted by Gasteiger charge is 2.35. The molecule has 0 unspecified atom stereocenters. The van der Waals surface area contributed by atoms with E-state index in [0.29, 0.717) is 25.7 Å². The van der Waals surface area contributed by atoms with E-state index in [-0.39, 0.29) is 24.0 Å². The van der Waals surface area contributed by atoms with Crippen molar-refractivity contribution in [3.63, 3.8) is 0 Å². The molecule has 0 bridgehead atoms. The first-order valence-corrected chi connectivity index (χ1v) is 9.95. The van der Waals surface area contributed by atoms with Gasteiger partial charge in [-0.15, -0.1) is 0 Å². The summed E-state index contributed by atoms with van der Waals surface area (Å²) in [5.41, 5.74) is 1.66. The van der Waals surface area contributed by atoms with Gasteiger partial charge in [0.15, 0.2) is 0 Å². The quantitative estimate of drug-likeness (QED) is 0.707. The van der Waals surface area contributed by atoms with E-state index in [1.807, 2.05) is 24.3 Å². The average molecular weight is 372 g/mol. The highest BCUT2D eigenvalue weighted by Crippen LogP contribution is 2.20. The summed E-state index contributed by atoms with van der Waals surface area (Å²) in [5.74, 6) is 0.0603. The molecule has 2 saturated heterocycles. The third-order valence-electron chi connectivity index (χ3n) is 5.50. The maximum atomic E-state index is 12.4. The first-order valence-electron chi connectivity index (χ1n) is 9.95. The SMILES string of the molecule is O=C(Cc1ccc(NC(=O)N[C@H]2COC[C@@H]2N2CCCC2)cc1)NC1CC1. The number of anilines is 1. The fourth-order valence-corrected chi connectivity index (χ4v) is 3.85. The summed E-state index contributed by atoms with van der Waals surface area (Å²) < 4.78 is 5.60. The van der Waals surface area contributed by atoms with Crippen molar-refractivity contribution in [1.82, 2.24) is 15.5 Å². The van der Waals surface area contributed by atoms with Gasteiger partial charge in [-0.3, -0.25) is 9.69 Å². The molecule has 27 heavy (non-hydrogen) atoms. The van der Waals surface area contributed by atoms with Gasteiger partial charge in [0, 0.05) is 11.7 Å². The van der Waals surface area contributed by atoms with Gasteiger partial charge >= 0.3 is 6.03 Å². The van der Waals surface area contributed by atoms with Crippen LogP contribution in [0.1, 0.15) is 31.2 Å². The number of hydrogen-bond donors (Lipinski definition) is 3. The zero-order valence-electron chi connectivity index (χ0n) is 15.6. The van der Waals surface area contributed by atoms with Gasteiger partial charge in [0.2, 0.25) is 5.91 Å². The number of benzene rings is 1. The number of ether oxygens (including phenoxy) is 1. The summed E-state index contributed by atoms with van der Waals surface area (Å²) in [5, 5.41) is 8.91. The molecule has 0 radical (unpaired) electrons. The van der Waals surface area contributed by atoms with Crippen molar-refractivity contribution in [2.24, 2.45) is 0 Å². The highest BCUT2D eigenvalue weighted by atomic mass is 16.5. The second-order valence-electron chi connectivity index (χ2n) is 7.77. The van der Waals surface area contributed by atoms with Gasteiger partial charge in [-0.25, -0.2) is 4.79 Å². The predicted octanol–water partition coefficient (Wildman–Crippen LogP) is 1.49. The van der Waals surface area contributed by atoms with Crippen LogP contribution in [0.4, 0.5) is 10.5 Å². The van der Waals surface area contributed by atoms with E-state index in [1.54, 1.807) is 0 Å². The summed E-state index contributed by atoms with van der Waals surface area (Å²) in [4.78, 5) is 26.6. The second-order valence-corrected chi connectivity index (χ2v) is 7.77. The molecule has 4 rings (SSSR count). The monoisotopic (exact) mass is 372 g/mol. The summed E-state index contributed by atoms with van der Waals surface area (Å²) in [6.07, 6.45) is 5.00. The van der Waals surface area contributed by atoms with Crippen LogP contribution in [0.3, 0.4) is 0 Å². The van der Waals surface area contributed by atoms with E-state index in [9.17, 15) is 9.59 Å². The molecule has 2 atom stereocenters. The molecule has 1 aromatic rings. The Kier molecular flexibility index (Phi) is 5.59. The highest BCUT2D eigenvalue weighted by molar-refractivity contribution is 5.89. The molecule has 1 aliphatic carbocycles. The number of nitrogens with zero attached hydrogens (tertiary/aromatic N) is 1. The van der Waals surface area contributed by atoms with Crippen molar-refractivity contribution in [3.8, 4) is 0 Å².